The fraction of sp³-hybridized carbons (Fsp3) is 0.464. The van der Waals surface area contributed by atoms with Gasteiger partial charge in [0.15, 0.2) is 5.82 Å². The summed E-state index contributed by atoms with van der Waals surface area (Å²) in [6.45, 7) is 2.70. The summed E-state index contributed by atoms with van der Waals surface area (Å²) in [6, 6.07) is 1.57. The van der Waals surface area contributed by atoms with E-state index >= 15 is 8.78 Å². The van der Waals surface area contributed by atoms with Crippen LogP contribution in [0.25, 0.3) is 5.57 Å². The molecule has 232 valence electrons. The first kappa shape index (κ1) is 30.4. The highest BCUT2D eigenvalue weighted by atomic mass is 19.3. The molecule has 3 heterocycles. The van der Waals surface area contributed by atoms with Crippen molar-refractivity contribution in [1.29, 1.82) is 0 Å². The fourth-order valence-corrected chi connectivity index (χ4v) is 5.36. The normalized spacial score (nSPS) is 20.7. The average Bonchev–Trinajstić information content (AvgIpc) is 3.40. The smallest absolute Gasteiger partial charge is 0.410 e. The molecule has 2 aromatic rings. The molecule has 2 N–H and O–H groups in total. The van der Waals surface area contributed by atoms with Crippen LogP contribution in [0.3, 0.4) is 0 Å². The Hall–Kier alpha value is -4.01. The van der Waals surface area contributed by atoms with Gasteiger partial charge in [-0.15, -0.1) is 0 Å². The number of H-pyrrole nitrogens is 1. The van der Waals surface area contributed by atoms with Gasteiger partial charge >= 0.3 is 6.09 Å². The number of pyridine rings is 1. The number of hydrogen-bond acceptors (Lipinski definition) is 6. The number of carbonyl (C=O) groups is 2. The maximum atomic E-state index is 16.3. The summed E-state index contributed by atoms with van der Waals surface area (Å²) < 4.78 is 90.6. The number of rotatable bonds is 6. The molecule has 0 spiro atoms. The number of nitrogens with zero attached hydrogens (tertiary/aromatic N) is 3. The molecule has 0 bridgehead atoms. The maximum Gasteiger partial charge on any atom is 0.410 e. The number of hydrogen-bond donors (Lipinski definition) is 2. The number of piperazine rings is 1. The van der Waals surface area contributed by atoms with Crippen molar-refractivity contribution in [1.82, 2.24) is 14.8 Å². The van der Waals surface area contributed by atoms with Crippen LogP contribution in [0.1, 0.15) is 47.7 Å². The van der Waals surface area contributed by atoms with Gasteiger partial charge in [-0.3, -0.25) is 9.59 Å². The second-order valence-corrected chi connectivity index (χ2v) is 11.0. The van der Waals surface area contributed by atoms with Crippen molar-refractivity contribution in [3.05, 3.63) is 63.1 Å². The molecule has 0 radical (unpaired) electrons. The lowest BCUT2D eigenvalue weighted by atomic mass is 9.91. The van der Waals surface area contributed by atoms with E-state index in [-0.39, 0.29) is 30.4 Å². The predicted octanol–water partition coefficient (Wildman–Crippen LogP) is 4.62. The lowest BCUT2D eigenvalue weighted by Crippen LogP contribution is -2.50. The van der Waals surface area contributed by atoms with E-state index in [0.717, 1.165) is 17.2 Å². The Labute approximate surface area is 242 Å². The third kappa shape index (κ3) is 6.21. The minimum atomic E-state index is -3.19. The summed E-state index contributed by atoms with van der Waals surface area (Å²) in [5.41, 5.74) is -3.33. The Bertz CT molecular complexity index is 1520. The van der Waals surface area contributed by atoms with Gasteiger partial charge in [0.05, 0.1) is 16.8 Å². The van der Waals surface area contributed by atoms with Crippen molar-refractivity contribution in [2.75, 3.05) is 50.0 Å². The van der Waals surface area contributed by atoms with Crippen molar-refractivity contribution in [3.8, 4) is 0 Å². The summed E-state index contributed by atoms with van der Waals surface area (Å²) >= 11 is 0. The highest BCUT2D eigenvalue weighted by Gasteiger charge is 2.48. The van der Waals surface area contributed by atoms with E-state index in [1.54, 1.807) is 4.90 Å². The Morgan fingerprint density at radius 1 is 1.16 bits per heavy atom. The number of alkyl halides is 4. The number of carbonyl (C=O) groups excluding carboxylic acids is 2. The van der Waals surface area contributed by atoms with Crippen molar-refractivity contribution in [3.63, 3.8) is 0 Å². The SMILES string of the molecule is C[C@H]1CN(c2cc(F)c(C3=CCN(C(=O)OC4CC(F)(F)C4)C3)c(F)c2NC(=O)c2c[nH]c(=O)cc2C(F)F)CCN1C. The van der Waals surface area contributed by atoms with Gasteiger partial charge in [0, 0.05) is 75.5 Å². The monoisotopic (exact) mass is 613 g/mol. The molecule has 1 aliphatic carbocycles. The lowest BCUT2D eigenvalue weighted by molar-refractivity contribution is -0.147. The Kier molecular flexibility index (Phi) is 8.20. The zero-order valence-corrected chi connectivity index (χ0v) is 23.2. The molecule has 2 fully saturated rings. The number of aromatic nitrogens is 1. The zero-order valence-electron chi connectivity index (χ0n) is 23.2. The van der Waals surface area contributed by atoms with E-state index in [1.807, 2.05) is 18.9 Å². The van der Waals surface area contributed by atoms with Crippen LogP contribution in [0.5, 0.6) is 0 Å². The quantitative estimate of drug-likeness (QED) is 0.462. The molecule has 1 saturated heterocycles. The molecule has 1 aromatic heterocycles. The Morgan fingerprint density at radius 3 is 2.53 bits per heavy atom. The van der Waals surface area contributed by atoms with Crippen molar-refractivity contribution in [2.45, 2.75) is 44.3 Å². The molecule has 0 unspecified atom stereocenters. The zero-order chi connectivity index (χ0) is 31.2. The van der Waals surface area contributed by atoms with Gasteiger partial charge in [0.2, 0.25) is 5.56 Å². The summed E-state index contributed by atoms with van der Waals surface area (Å²) in [6.07, 6.45) is -4.10. The summed E-state index contributed by atoms with van der Waals surface area (Å²) in [5, 5.41) is 2.31. The van der Waals surface area contributed by atoms with E-state index < -0.39 is 82.9 Å². The second-order valence-electron chi connectivity index (χ2n) is 11.0. The van der Waals surface area contributed by atoms with Gasteiger partial charge in [-0.1, -0.05) is 6.08 Å². The summed E-state index contributed by atoms with van der Waals surface area (Å²) in [7, 11) is 1.89. The first-order valence-electron chi connectivity index (χ1n) is 13.6. The number of benzene rings is 1. The third-order valence-corrected chi connectivity index (χ3v) is 7.99. The Morgan fingerprint density at radius 2 is 1.88 bits per heavy atom. The van der Waals surface area contributed by atoms with E-state index in [1.165, 1.54) is 6.08 Å². The molecule has 1 aromatic carbocycles. The number of ether oxygens (including phenoxy) is 1. The van der Waals surface area contributed by atoms with E-state index in [0.29, 0.717) is 25.7 Å². The maximum absolute atomic E-state index is 16.3. The Balaban J connectivity index is 1.46. The van der Waals surface area contributed by atoms with Crippen LogP contribution < -0.4 is 15.8 Å². The fourth-order valence-electron chi connectivity index (χ4n) is 5.36. The van der Waals surface area contributed by atoms with Crippen LogP contribution in [0.15, 0.2) is 29.2 Å². The van der Waals surface area contributed by atoms with E-state index in [2.05, 4.69) is 10.3 Å². The molecule has 1 saturated carbocycles. The second kappa shape index (κ2) is 11.6. The number of nitrogens with one attached hydrogen (secondary N) is 2. The van der Waals surface area contributed by atoms with E-state index in [9.17, 15) is 31.9 Å². The van der Waals surface area contributed by atoms with Crippen molar-refractivity contribution in [2.24, 2.45) is 0 Å². The van der Waals surface area contributed by atoms with Gasteiger partial charge < -0.3 is 29.7 Å². The molecule has 1 atom stereocenters. The number of amides is 2. The predicted molar refractivity (Wildman–Crippen MR) is 145 cm³/mol. The minimum Gasteiger partial charge on any atom is -0.446 e. The highest BCUT2D eigenvalue weighted by molar-refractivity contribution is 6.07. The lowest BCUT2D eigenvalue weighted by Gasteiger charge is -2.40. The topological polar surface area (TPSA) is 98.0 Å². The molecule has 43 heavy (non-hydrogen) atoms. The summed E-state index contributed by atoms with van der Waals surface area (Å²) in [4.78, 5) is 44.2. The molecular formula is C28H29F6N5O4. The number of anilines is 2. The van der Waals surface area contributed by atoms with Crippen LogP contribution in [0.2, 0.25) is 0 Å². The van der Waals surface area contributed by atoms with Crippen LogP contribution in [-0.2, 0) is 4.74 Å². The molecule has 9 nitrogen and oxygen atoms in total. The standard InChI is InChI=1S/C28H29F6N5O4/c1-14-12-38(6-5-37(14)2)20-8-19(29)22(15-3-4-39(13-15)27(42)43-16-9-28(33,34)10-16)23(30)24(20)36-26(41)18-11-35-21(40)7-17(18)25(31)32/h3,7-8,11,14,16,25H,4-6,9-10,12-13H2,1-2H3,(H,35,40)(H,36,41)/t14-/m0/s1. The highest BCUT2D eigenvalue weighted by Crippen LogP contribution is 2.41. The van der Waals surface area contributed by atoms with Gasteiger partial charge in [0.1, 0.15) is 17.6 Å². The first-order valence-corrected chi connectivity index (χ1v) is 13.6. The van der Waals surface area contributed by atoms with Crippen LogP contribution >= 0.6 is 0 Å². The number of halogens is 6. The molecule has 2 amide bonds. The number of likely N-dealkylation sites (N-methyl/N-ethyl adjacent to an activating group) is 1. The van der Waals surface area contributed by atoms with Gasteiger partial charge in [-0.2, -0.15) is 0 Å². The first-order chi connectivity index (χ1) is 20.2. The van der Waals surface area contributed by atoms with E-state index in [4.69, 9.17) is 4.74 Å². The van der Waals surface area contributed by atoms with Crippen molar-refractivity contribution < 1.29 is 40.7 Å². The van der Waals surface area contributed by atoms with Gasteiger partial charge in [0.25, 0.3) is 18.3 Å². The summed E-state index contributed by atoms with van der Waals surface area (Å²) in [5.74, 6) is -6.25. The molecule has 2 aliphatic heterocycles. The average molecular weight is 614 g/mol. The largest absolute Gasteiger partial charge is 0.446 e. The van der Waals surface area contributed by atoms with Gasteiger partial charge in [-0.05, 0) is 19.5 Å². The van der Waals surface area contributed by atoms with Crippen LogP contribution in [0, 0.1) is 11.6 Å². The molecular weight excluding hydrogens is 584 g/mol. The molecule has 15 heteroatoms. The third-order valence-electron chi connectivity index (χ3n) is 7.99. The molecule has 3 aliphatic rings. The van der Waals surface area contributed by atoms with Crippen molar-refractivity contribution >= 4 is 28.9 Å². The van der Waals surface area contributed by atoms with Crippen LogP contribution in [0.4, 0.5) is 42.5 Å². The molecule has 5 rings (SSSR count). The van der Waals surface area contributed by atoms with Gasteiger partial charge in [-0.25, -0.2) is 31.1 Å². The number of aromatic amines is 1. The minimum absolute atomic E-state index is 0.0177. The van der Waals surface area contributed by atoms with Crippen LogP contribution in [-0.4, -0.2) is 84.6 Å².